The Morgan fingerprint density at radius 2 is 2.11 bits per heavy atom. The van der Waals surface area contributed by atoms with Gasteiger partial charge in [0.1, 0.15) is 6.61 Å². The summed E-state index contributed by atoms with van der Waals surface area (Å²) in [6.45, 7) is 0.0132. The number of halogens is 4. The number of hydrogen-bond donors (Lipinski definition) is 2. The number of nitrogens with one attached hydrogen (secondary N) is 1. The Kier molecular flexibility index (Phi) is 5.59. The summed E-state index contributed by atoms with van der Waals surface area (Å²) < 4.78 is 43.0. The zero-order valence-corrected chi connectivity index (χ0v) is 10.5. The van der Waals surface area contributed by atoms with Crippen LogP contribution in [0.25, 0.3) is 0 Å². The molecule has 0 aliphatic carbocycles. The van der Waals surface area contributed by atoms with Gasteiger partial charge in [0.15, 0.2) is 0 Å². The van der Waals surface area contributed by atoms with Gasteiger partial charge >= 0.3 is 6.18 Å². The van der Waals surface area contributed by atoms with Gasteiger partial charge < -0.3 is 15.8 Å². The molecule has 0 aliphatic rings. The van der Waals surface area contributed by atoms with Crippen molar-refractivity contribution in [1.29, 1.82) is 0 Å². The summed E-state index contributed by atoms with van der Waals surface area (Å²) in [4.78, 5) is 11.4. The molecule has 0 unspecified atom stereocenters. The molecule has 0 saturated carbocycles. The maximum atomic E-state index is 12.7. The molecular formula is C11H12ClF3N2O2. The van der Waals surface area contributed by atoms with Gasteiger partial charge in [-0.25, -0.2) is 0 Å². The number of carbonyl (C=O) groups is 1. The van der Waals surface area contributed by atoms with E-state index >= 15 is 0 Å². The fraction of sp³-hybridized carbons (Fsp3) is 0.364. The molecule has 1 amide bonds. The monoisotopic (exact) mass is 296 g/mol. The first kappa shape index (κ1) is 15.7. The summed E-state index contributed by atoms with van der Waals surface area (Å²) >= 11 is 5.51. The minimum atomic E-state index is -4.61. The summed E-state index contributed by atoms with van der Waals surface area (Å²) in [5, 5.41) is 2.05. The van der Waals surface area contributed by atoms with Crippen molar-refractivity contribution in [2.45, 2.75) is 6.18 Å². The van der Waals surface area contributed by atoms with Crippen LogP contribution in [0.2, 0.25) is 5.02 Å². The first-order valence-corrected chi connectivity index (χ1v) is 5.67. The largest absolute Gasteiger partial charge is 0.418 e. The Bertz CT molecular complexity index is 452. The lowest BCUT2D eigenvalue weighted by molar-refractivity contribution is -0.137. The second-order valence-electron chi connectivity index (χ2n) is 3.58. The molecule has 4 nitrogen and oxygen atoms in total. The number of nitrogens with two attached hydrogens (primary N) is 1. The van der Waals surface area contributed by atoms with Crippen molar-refractivity contribution in [1.82, 2.24) is 0 Å². The predicted molar refractivity (Wildman–Crippen MR) is 65.0 cm³/mol. The van der Waals surface area contributed by atoms with Gasteiger partial charge in [0, 0.05) is 11.6 Å². The van der Waals surface area contributed by atoms with Gasteiger partial charge in [0.25, 0.3) is 0 Å². The molecule has 0 spiro atoms. The average molecular weight is 297 g/mol. The predicted octanol–water partition coefficient (Wildman–Crippen LogP) is 2.27. The highest BCUT2D eigenvalue weighted by Gasteiger charge is 2.34. The van der Waals surface area contributed by atoms with Crippen molar-refractivity contribution in [3.8, 4) is 0 Å². The number of amides is 1. The van der Waals surface area contributed by atoms with Crippen molar-refractivity contribution in [2.24, 2.45) is 5.73 Å². The summed E-state index contributed by atoms with van der Waals surface area (Å²) in [5.74, 6) is -0.693. The van der Waals surface area contributed by atoms with Crippen LogP contribution in [0.1, 0.15) is 5.56 Å². The Labute approximate surface area is 112 Å². The van der Waals surface area contributed by atoms with E-state index in [1.54, 1.807) is 0 Å². The Hall–Kier alpha value is -1.31. The number of hydrogen-bond acceptors (Lipinski definition) is 3. The molecule has 0 aromatic heterocycles. The smallest absolute Gasteiger partial charge is 0.370 e. The molecule has 19 heavy (non-hydrogen) atoms. The van der Waals surface area contributed by atoms with E-state index in [0.717, 1.165) is 12.1 Å². The fourth-order valence-corrected chi connectivity index (χ4v) is 1.47. The van der Waals surface area contributed by atoms with Crippen LogP contribution in [-0.2, 0) is 15.7 Å². The second-order valence-corrected chi connectivity index (χ2v) is 4.01. The summed E-state index contributed by atoms with van der Waals surface area (Å²) in [6, 6.07) is 3.09. The zero-order chi connectivity index (χ0) is 14.5. The van der Waals surface area contributed by atoms with E-state index in [2.05, 4.69) is 5.32 Å². The average Bonchev–Trinajstić information content (AvgIpc) is 2.30. The van der Waals surface area contributed by atoms with Gasteiger partial charge in [-0.15, -0.1) is 0 Å². The van der Waals surface area contributed by atoms with Gasteiger partial charge in [0.2, 0.25) is 5.91 Å². The molecule has 106 valence electrons. The van der Waals surface area contributed by atoms with E-state index in [9.17, 15) is 18.0 Å². The highest BCUT2D eigenvalue weighted by Crippen LogP contribution is 2.36. The summed E-state index contributed by atoms with van der Waals surface area (Å²) in [5.41, 5.74) is 3.78. The molecular weight excluding hydrogens is 285 g/mol. The maximum absolute atomic E-state index is 12.7. The van der Waals surface area contributed by atoms with Crippen molar-refractivity contribution >= 4 is 23.2 Å². The van der Waals surface area contributed by atoms with E-state index in [4.69, 9.17) is 22.1 Å². The minimum Gasteiger partial charge on any atom is -0.370 e. The molecule has 1 aromatic rings. The van der Waals surface area contributed by atoms with Crippen LogP contribution in [0.3, 0.4) is 0 Å². The van der Waals surface area contributed by atoms with Crippen LogP contribution < -0.4 is 11.1 Å². The Morgan fingerprint density at radius 3 is 2.68 bits per heavy atom. The van der Waals surface area contributed by atoms with Crippen LogP contribution in [0.15, 0.2) is 18.2 Å². The maximum Gasteiger partial charge on any atom is 0.418 e. The summed E-state index contributed by atoms with van der Waals surface area (Å²) in [6.07, 6.45) is -4.61. The molecule has 1 rings (SSSR count). The third-order valence-electron chi connectivity index (χ3n) is 2.06. The third kappa shape index (κ3) is 5.06. The number of ether oxygens (including phenoxy) is 1. The lowest BCUT2D eigenvalue weighted by atomic mass is 10.1. The van der Waals surface area contributed by atoms with Crippen LogP contribution >= 0.6 is 11.6 Å². The molecule has 0 aliphatic heterocycles. The fourth-order valence-electron chi connectivity index (χ4n) is 1.29. The first-order valence-electron chi connectivity index (χ1n) is 5.29. The normalized spacial score (nSPS) is 11.4. The topological polar surface area (TPSA) is 64.3 Å². The molecule has 1 aromatic carbocycles. The molecule has 0 bridgehead atoms. The van der Waals surface area contributed by atoms with Gasteiger partial charge in [0.05, 0.1) is 17.9 Å². The molecule has 3 N–H and O–H groups in total. The Morgan fingerprint density at radius 1 is 1.42 bits per heavy atom. The molecule has 8 heteroatoms. The number of carbonyl (C=O) groups excluding carboxylic acids is 1. The lowest BCUT2D eigenvalue weighted by Gasteiger charge is -2.14. The van der Waals surface area contributed by atoms with Gasteiger partial charge in [-0.3, -0.25) is 4.79 Å². The van der Waals surface area contributed by atoms with Gasteiger partial charge in [-0.1, -0.05) is 11.6 Å². The van der Waals surface area contributed by atoms with E-state index in [0.29, 0.717) is 0 Å². The molecule has 0 saturated heterocycles. The third-order valence-corrected chi connectivity index (χ3v) is 2.29. The number of rotatable bonds is 5. The van der Waals surface area contributed by atoms with E-state index < -0.39 is 17.6 Å². The second kappa shape index (κ2) is 6.74. The zero-order valence-electron chi connectivity index (χ0n) is 9.76. The van der Waals surface area contributed by atoms with Crippen molar-refractivity contribution in [3.05, 3.63) is 28.8 Å². The molecule has 0 heterocycles. The highest BCUT2D eigenvalue weighted by molar-refractivity contribution is 6.30. The van der Waals surface area contributed by atoms with E-state index in [1.807, 2.05) is 0 Å². The van der Waals surface area contributed by atoms with E-state index in [1.165, 1.54) is 6.07 Å². The van der Waals surface area contributed by atoms with Gasteiger partial charge in [-0.2, -0.15) is 13.2 Å². The quantitative estimate of drug-likeness (QED) is 0.819. The highest BCUT2D eigenvalue weighted by atomic mass is 35.5. The van der Waals surface area contributed by atoms with Crippen LogP contribution in [0.4, 0.5) is 18.9 Å². The van der Waals surface area contributed by atoms with Gasteiger partial charge in [-0.05, 0) is 18.2 Å². The van der Waals surface area contributed by atoms with Crippen molar-refractivity contribution < 1.29 is 22.7 Å². The Balaban J connectivity index is 2.80. The number of alkyl halides is 3. The number of benzene rings is 1. The van der Waals surface area contributed by atoms with Crippen LogP contribution in [-0.4, -0.2) is 25.7 Å². The molecule has 0 atom stereocenters. The van der Waals surface area contributed by atoms with E-state index in [-0.39, 0.29) is 30.5 Å². The van der Waals surface area contributed by atoms with Crippen molar-refractivity contribution in [2.75, 3.05) is 25.1 Å². The first-order chi connectivity index (χ1) is 8.84. The van der Waals surface area contributed by atoms with Crippen molar-refractivity contribution in [3.63, 3.8) is 0 Å². The number of anilines is 1. The lowest BCUT2D eigenvalue weighted by Crippen LogP contribution is -2.22. The standard InChI is InChI=1S/C11H12ClF3N2O2/c12-7-1-2-9(8(5-7)11(13,14)15)17-10(18)6-19-4-3-16/h1-2,5H,3-4,6,16H2,(H,17,18). The SMILES string of the molecule is NCCOCC(=O)Nc1ccc(Cl)cc1C(F)(F)F. The van der Waals surface area contributed by atoms with Crippen LogP contribution in [0, 0.1) is 0 Å². The summed E-state index contributed by atoms with van der Waals surface area (Å²) in [7, 11) is 0. The molecule has 0 radical (unpaired) electrons. The van der Waals surface area contributed by atoms with Crippen LogP contribution in [0.5, 0.6) is 0 Å². The molecule has 0 fully saturated rings. The minimum absolute atomic E-state index is 0.0651.